The van der Waals surface area contributed by atoms with E-state index in [9.17, 15) is 0 Å². The van der Waals surface area contributed by atoms with Crippen LogP contribution in [0.15, 0.2) is 18.6 Å². The number of nitrogens with one attached hydrogen (secondary N) is 1. The van der Waals surface area contributed by atoms with E-state index < -0.39 is 0 Å². The van der Waals surface area contributed by atoms with E-state index in [4.69, 9.17) is 4.74 Å². The van der Waals surface area contributed by atoms with E-state index in [1.165, 1.54) is 0 Å². The van der Waals surface area contributed by atoms with Crippen molar-refractivity contribution in [2.24, 2.45) is 5.92 Å². The Morgan fingerprint density at radius 2 is 2.15 bits per heavy atom. The molecule has 2 rings (SSSR count). The maximum absolute atomic E-state index is 5.98. The largest absolute Gasteiger partial charge is 0.472 e. The van der Waals surface area contributed by atoms with Crippen molar-refractivity contribution in [1.29, 1.82) is 0 Å². The third kappa shape index (κ3) is 3.62. The second-order valence-electron chi connectivity index (χ2n) is 5.57. The zero-order chi connectivity index (χ0) is 14.5. The Kier molecular flexibility index (Phi) is 4.82. The van der Waals surface area contributed by atoms with E-state index in [1.807, 2.05) is 16.8 Å². The molecule has 2 aromatic rings. The number of anilines is 1. The Morgan fingerprint density at radius 1 is 1.35 bits per heavy atom. The van der Waals surface area contributed by atoms with Gasteiger partial charge in [0.1, 0.15) is 5.82 Å². The lowest BCUT2D eigenvalue weighted by Crippen LogP contribution is -2.16. The van der Waals surface area contributed by atoms with Crippen molar-refractivity contribution in [3.63, 3.8) is 0 Å². The standard InChI is InChI=1S/C15H24N4O/c1-5-6-16-13-10-19-8-7-17-14(19)15(18-13)20-12(4)9-11(2)3/h7-8,10-12,16H,5-6,9H2,1-4H3. The van der Waals surface area contributed by atoms with Gasteiger partial charge in [0.05, 0.1) is 12.3 Å². The van der Waals surface area contributed by atoms with E-state index in [0.29, 0.717) is 11.8 Å². The maximum Gasteiger partial charge on any atom is 0.260 e. The lowest BCUT2D eigenvalue weighted by molar-refractivity contribution is 0.187. The topological polar surface area (TPSA) is 51.5 Å². The summed E-state index contributed by atoms with van der Waals surface area (Å²) < 4.78 is 7.93. The number of ether oxygens (including phenoxy) is 1. The minimum atomic E-state index is 0.129. The SMILES string of the molecule is CCCNc1cn2ccnc2c(OC(C)CC(C)C)n1. The predicted octanol–water partition coefficient (Wildman–Crippen LogP) is 3.36. The van der Waals surface area contributed by atoms with Gasteiger partial charge in [-0.25, -0.2) is 4.98 Å². The summed E-state index contributed by atoms with van der Waals surface area (Å²) >= 11 is 0. The average Bonchev–Trinajstić information content (AvgIpc) is 2.83. The molecule has 0 radical (unpaired) electrons. The molecular formula is C15H24N4O. The van der Waals surface area contributed by atoms with Gasteiger partial charge >= 0.3 is 0 Å². The van der Waals surface area contributed by atoms with Crippen LogP contribution in [0.5, 0.6) is 5.88 Å². The van der Waals surface area contributed by atoms with E-state index in [-0.39, 0.29) is 6.10 Å². The summed E-state index contributed by atoms with van der Waals surface area (Å²) in [7, 11) is 0. The number of nitrogens with zero attached hydrogens (tertiary/aromatic N) is 3. The van der Waals surface area contributed by atoms with Gasteiger partial charge in [-0.05, 0) is 25.7 Å². The molecule has 0 amide bonds. The van der Waals surface area contributed by atoms with Gasteiger partial charge in [0, 0.05) is 18.9 Å². The summed E-state index contributed by atoms with van der Waals surface area (Å²) in [5, 5.41) is 3.29. The summed E-state index contributed by atoms with van der Waals surface area (Å²) in [6.45, 7) is 9.49. The molecule has 0 fully saturated rings. The molecule has 1 atom stereocenters. The monoisotopic (exact) mass is 276 g/mol. The first-order valence-corrected chi connectivity index (χ1v) is 7.34. The van der Waals surface area contributed by atoms with Gasteiger partial charge in [-0.2, -0.15) is 4.98 Å². The lowest BCUT2D eigenvalue weighted by Gasteiger charge is -2.17. The van der Waals surface area contributed by atoms with Crippen LogP contribution < -0.4 is 10.1 Å². The van der Waals surface area contributed by atoms with Crippen LogP contribution in [0.2, 0.25) is 0 Å². The second kappa shape index (κ2) is 6.59. The highest BCUT2D eigenvalue weighted by atomic mass is 16.5. The number of hydrogen-bond acceptors (Lipinski definition) is 4. The molecule has 1 N–H and O–H groups in total. The summed E-state index contributed by atoms with van der Waals surface area (Å²) in [4.78, 5) is 8.86. The molecule has 0 aromatic carbocycles. The first kappa shape index (κ1) is 14.6. The van der Waals surface area contributed by atoms with Crippen LogP contribution >= 0.6 is 0 Å². The zero-order valence-corrected chi connectivity index (χ0v) is 12.8. The molecule has 2 heterocycles. The molecule has 110 valence electrons. The molecule has 2 aromatic heterocycles. The minimum absolute atomic E-state index is 0.129. The molecule has 0 saturated carbocycles. The minimum Gasteiger partial charge on any atom is -0.472 e. The molecule has 0 bridgehead atoms. The maximum atomic E-state index is 5.98. The van der Waals surface area contributed by atoms with Gasteiger partial charge in [0.25, 0.3) is 5.88 Å². The van der Waals surface area contributed by atoms with Gasteiger partial charge < -0.3 is 10.1 Å². The van der Waals surface area contributed by atoms with Crippen molar-refractivity contribution >= 4 is 11.5 Å². The first-order chi connectivity index (χ1) is 9.60. The lowest BCUT2D eigenvalue weighted by atomic mass is 10.1. The summed E-state index contributed by atoms with van der Waals surface area (Å²) in [5.41, 5.74) is 0.766. The van der Waals surface area contributed by atoms with Crippen LogP contribution in [0, 0.1) is 5.92 Å². The number of fused-ring (bicyclic) bond motifs is 1. The molecule has 0 aliphatic rings. The Morgan fingerprint density at radius 3 is 2.85 bits per heavy atom. The van der Waals surface area contributed by atoms with Gasteiger partial charge in [0.15, 0.2) is 0 Å². The van der Waals surface area contributed by atoms with Gasteiger partial charge in [0.2, 0.25) is 5.65 Å². The summed E-state index contributed by atoms with van der Waals surface area (Å²) in [6.07, 6.45) is 7.81. The number of hydrogen-bond donors (Lipinski definition) is 1. The van der Waals surface area contributed by atoms with E-state index in [0.717, 1.165) is 30.9 Å². The van der Waals surface area contributed by atoms with Crippen LogP contribution in [-0.2, 0) is 0 Å². The molecule has 0 spiro atoms. The molecule has 1 unspecified atom stereocenters. The summed E-state index contributed by atoms with van der Waals surface area (Å²) in [5.74, 6) is 2.02. The van der Waals surface area contributed by atoms with Crippen molar-refractivity contribution in [1.82, 2.24) is 14.4 Å². The van der Waals surface area contributed by atoms with E-state index >= 15 is 0 Å². The van der Waals surface area contributed by atoms with Crippen molar-refractivity contribution in [2.45, 2.75) is 46.6 Å². The quantitative estimate of drug-likeness (QED) is 0.842. The third-order valence-corrected chi connectivity index (χ3v) is 3.02. The van der Waals surface area contributed by atoms with Crippen molar-refractivity contribution < 1.29 is 4.74 Å². The fraction of sp³-hybridized carbons (Fsp3) is 0.600. The smallest absolute Gasteiger partial charge is 0.260 e. The molecular weight excluding hydrogens is 252 g/mol. The highest BCUT2D eigenvalue weighted by molar-refractivity contribution is 5.53. The van der Waals surface area contributed by atoms with Gasteiger partial charge in [-0.3, -0.25) is 4.40 Å². The fourth-order valence-corrected chi connectivity index (χ4v) is 2.22. The molecule has 0 aliphatic carbocycles. The average molecular weight is 276 g/mol. The van der Waals surface area contributed by atoms with Crippen LogP contribution in [0.3, 0.4) is 0 Å². The molecule has 5 heteroatoms. The number of rotatable bonds is 7. The van der Waals surface area contributed by atoms with Crippen LogP contribution in [0.1, 0.15) is 40.5 Å². The Labute approximate surface area is 120 Å². The molecule has 5 nitrogen and oxygen atoms in total. The number of imidazole rings is 1. The molecule has 0 aliphatic heterocycles. The summed E-state index contributed by atoms with van der Waals surface area (Å²) in [6, 6.07) is 0. The Hall–Kier alpha value is -1.78. The first-order valence-electron chi connectivity index (χ1n) is 7.34. The molecule has 0 saturated heterocycles. The van der Waals surface area contributed by atoms with Crippen molar-refractivity contribution in [3.8, 4) is 5.88 Å². The van der Waals surface area contributed by atoms with Crippen LogP contribution in [0.4, 0.5) is 5.82 Å². The fourth-order valence-electron chi connectivity index (χ4n) is 2.22. The second-order valence-corrected chi connectivity index (χ2v) is 5.57. The van der Waals surface area contributed by atoms with Crippen LogP contribution in [0.25, 0.3) is 5.65 Å². The predicted molar refractivity (Wildman–Crippen MR) is 81.3 cm³/mol. The zero-order valence-electron chi connectivity index (χ0n) is 12.8. The van der Waals surface area contributed by atoms with E-state index in [2.05, 4.69) is 43.0 Å². The van der Waals surface area contributed by atoms with Crippen LogP contribution in [-0.4, -0.2) is 27.0 Å². The van der Waals surface area contributed by atoms with Crippen molar-refractivity contribution in [2.75, 3.05) is 11.9 Å². The van der Waals surface area contributed by atoms with E-state index in [1.54, 1.807) is 6.20 Å². The van der Waals surface area contributed by atoms with Gasteiger partial charge in [-0.1, -0.05) is 20.8 Å². The Balaban J connectivity index is 2.22. The molecule has 20 heavy (non-hydrogen) atoms. The van der Waals surface area contributed by atoms with Crippen molar-refractivity contribution in [3.05, 3.63) is 18.6 Å². The highest BCUT2D eigenvalue weighted by Crippen LogP contribution is 2.21. The highest BCUT2D eigenvalue weighted by Gasteiger charge is 2.13. The number of aromatic nitrogens is 3. The third-order valence-electron chi connectivity index (χ3n) is 3.02. The van der Waals surface area contributed by atoms with Gasteiger partial charge in [-0.15, -0.1) is 0 Å². The Bertz CT molecular complexity index is 550. The normalized spacial score (nSPS) is 12.8.